The zero-order chi connectivity index (χ0) is 30.4. The van der Waals surface area contributed by atoms with Crippen molar-refractivity contribution in [3.05, 3.63) is 137 Å². The summed E-state index contributed by atoms with van der Waals surface area (Å²) in [6.45, 7) is 3.19. The summed E-state index contributed by atoms with van der Waals surface area (Å²) >= 11 is 0. The second kappa shape index (κ2) is 17.5. The summed E-state index contributed by atoms with van der Waals surface area (Å²) in [5.74, 6) is -0.439. The highest BCUT2D eigenvalue weighted by Gasteiger charge is 2.27. The first-order valence-electron chi connectivity index (χ1n) is 14.4. The number of nitrogens with two attached hydrogens (primary N) is 1. The fraction of sp³-hybridized carbons (Fsp3) is 0.229. The van der Waals surface area contributed by atoms with E-state index in [0.29, 0.717) is 25.3 Å². The number of halogens is 1. The molecule has 0 aliphatic carbocycles. The third kappa shape index (κ3) is 10.3. The second-order valence-electron chi connectivity index (χ2n) is 10.2. The van der Waals surface area contributed by atoms with Gasteiger partial charge in [0, 0.05) is 31.5 Å². The number of carbonyl (C=O) groups is 3. The topological polar surface area (TPSA) is 123 Å². The normalized spacial score (nSPS) is 11.8. The molecule has 9 heteroatoms. The molecule has 0 unspecified atom stereocenters. The molecule has 0 bridgehead atoms. The minimum Gasteiger partial charge on any atom is -0.494 e. The minimum absolute atomic E-state index is 0. The molecule has 4 aromatic rings. The van der Waals surface area contributed by atoms with E-state index in [0.717, 1.165) is 28.0 Å². The van der Waals surface area contributed by atoms with E-state index in [1.54, 1.807) is 24.3 Å². The summed E-state index contributed by atoms with van der Waals surface area (Å²) < 4.78 is 5.54. The van der Waals surface area contributed by atoms with E-state index in [4.69, 9.17) is 10.5 Å². The van der Waals surface area contributed by atoms with Gasteiger partial charge in [-0.05, 0) is 53.4 Å². The zero-order valence-electron chi connectivity index (χ0n) is 24.7. The maximum absolute atomic E-state index is 13.8. The molecule has 0 aliphatic heterocycles. The highest BCUT2D eigenvalue weighted by atomic mass is 35.5. The van der Waals surface area contributed by atoms with Crippen LogP contribution in [-0.2, 0) is 35.5 Å². The Morgan fingerprint density at radius 3 is 1.77 bits per heavy atom. The standard InChI is InChI=1S/C35H38N4O4.ClH/c1-2-43-30-19-17-26(18-20-30)22-32(38-33(40)29-11-7-4-8-12-29)35(42)39-31(21-25-9-5-3-6-10-25)34(41)37-24-28-15-13-27(23-36)14-16-28;/h3-20,31-32H,2,21-24,36H2,1H3,(H,37,41)(H,38,40)(H,39,42);1H/t31-,32+;/m0./s1. The molecule has 4 aromatic carbocycles. The van der Waals surface area contributed by atoms with Gasteiger partial charge in [0.2, 0.25) is 11.8 Å². The lowest BCUT2D eigenvalue weighted by atomic mass is 10.0. The Bertz CT molecular complexity index is 1470. The predicted octanol–water partition coefficient (Wildman–Crippen LogP) is 4.35. The molecular formula is C35H39ClN4O4. The molecule has 0 aliphatic rings. The molecule has 4 rings (SSSR count). The van der Waals surface area contributed by atoms with Crippen LogP contribution in [0.3, 0.4) is 0 Å². The van der Waals surface area contributed by atoms with E-state index in [2.05, 4.69) is 16.0 Å². The van der Waals surface area contributed by atoms with Gasteiger partial charge in [0.25, 0.3) is 5.91 Å². The van der Waals surface area contributed by atoms with Gasteiger partial charge in [0.1, 0.15) is 17.8 Å². The van der Waals surface area contributed by atoms with Gasteiger partial charge >= 0.3 is 0 Å². The van der Waals surface area contributed by atoms with Crippen LogP contribution in [0.1, 0.15) is 39.5 Å². The number of hydrogen-bond donors (Lipinski definition) is 4. The number of benzene rings is 4. The van der Waals surface area contributed by atoms with Crippen molar-refractivity contribution in [2.45, 2.75) is 44.9 Å². The van der Waals surface area contributed by atoms with Crippen molar-refractivity contribution in [3.8, 4) is 5.75 Å². The highest BCUT2D eigenvalue weighted by Crippen LogP contribution is 2.15. The Morgan fingerprint density at radius 2 is 1.18 bits per heavy atom. The number of ether oxygens (including phenoxy) is 1. The van der Waals surface area contributed by atoms with Crippen LogP contribution in [0.2, 0.25) is 0 Å². The van der Waals surface area contributed by atoms with Crippen molar-refractivity contribution in [1.29, 1.82) is 0 Å². The largest absolute Gasteiger partial charge is 0.494 e. The molecular weight excluding hydrogens is 576 g/mol. The van der Waals surface area contributed by atoms with E-state index in [1.165, 1.54) is 0 Å². The van der Waals surface area contributed by atoms with Gasteiger partial charge in [-0.15, -0.1) is 12.4 Å². The maximum atomic E-state index is 13.8. The molecule has 2 atom stereocenters. The van der Waals surface area contributed by atoms with Crippen LogP contribution < -0.4 is 26.4 Å². The third-order valence-electron chi connectivity index (χ3n) is 6.97. The predicted molar refractivity (Wildman–Crippen MR) is 175 cm³/mol. The Hall–Kier alpha value is -4.66. The van der Waals surface area contributed by atoms with Gasteiger partial charge in [-0.3, -0.25) is 14.4 Å². The first kappa shape index (κ1) is 33.8. The van der Waals surface area contributed by atoms with Gasteiger partial charge in [0.15, 0.2) is 0 Å². The zero-order valence-corrected chi connectivity index (χ0v) is 25.5. The van der Waals surface area contributed by atoms with Gasteiger partial charge in [-0.25, -0.2) is 0 Å². The molecule has 0 aromatic heterocycles. The number of hydrogen-bond acceptors (Lipinski definition) is 5. The van der Waals surface area contributed by atoms with Crippen molar-refractivity contribution >= 4 is 30.1 Å². The smallest absolute Gasteiger partial charge is 0.251 e. The lowest BCUT2D eigenvalue weighted by Crippen LogP contribution is -2.55. The Kier molecular flexibility index (Phi) is 13.4. The number of nitrogens with one attached hydrogen (secondary N) is 3. The van der Waals surface area contributed by atoms with Crippen LogP contribution in [0.4, 0.5) is 0 Å². The van der Waals surface area contributed by atoms with Crippen molar-refractivity contribution in [3.63, 3.8) is 0 Å². The lowest BCUT2D eigenvalue weighted by Gasteiger charge is -2.24. The first-order chi connectivity index (χ1) is 20.9. The molecule has 5 N–H and O–H groups in total. The number of amides is 3. The highest BCUT2D eigenvalue weighted by molar-refractivity contribution is 5.98. The Morgan fingerprint density at radius 1 is 0.659 bits per heavy atom. The van der Waals surface area contributed by atoms with E-state index in [1.807, 2.05) is 91.9 Å². The second-order valence-corrected chi connectivity index (χ2v) is 10.2. The van der Waals surface area contributed by atoms with Crippen LogP contribution in [0.5, 0.6) is 5.75 Å². The summed E-state index contributed by atoms with van der Waals surface area (Å²) in [6, 6.07) is 31.5. The number of carbonyl (C=O) groups excluding carboxylic acids is 3. The molecule has 0 radical (unpaired) electrons. The van der Waals surface area contributed by atoms with Crippen LogP contribution in [-0.4, -0.2) is 36.4 Å². The van der Waals surface area contributed by atoms with Crippen molar-refractivity contribution in [1.82, 2.24) is 16.0 Å². The summed E-state index contributed by atoms with van der Waals surface area (Å²) in [5.41, 5.74) is 9.78. The molecule has 230 valence electrons. The van der Waals surface area contributed by atoms with E-state index in [9.17, 15) is 14.4 Å². The van der Waals surface area contributed by atoms with E-state index in [-0.39, 0.29) is 37.1 Å². The Balaban J connectivity index is 0.00000529. The third-order valence-corrected chi connectivity index (χ3v) is 6.97. The monoisotopic (exact) mass is 614 g/mol. The summed E-state index contributed by atoms with van der Waals surface area (Å²) in [6.07, 6.45) is 0.511. The number of rotatable bonds is 14. The van der Waals surface area contributed by atoms with Gasteiger partial charge < -0.3 is 26.4 Å². The molecule has 0 saturated heterocycles. The van der Waals surface area contributed by atoms with Crippen LogP contribution in [0, 0.1) is 0 Å². The molecule has 44 heavy (non-hydrogen) atoms. The molecule has 0 fully saturated rings. The molecule has 3 amide bonds. The molecule has 0 saturated carbocycles. The van der Waals surface area contributed by atoms with Gasteiger partial charge in [-0.1, -0.05) is 84.9 Å². The maximum Gasteiger partial charge on any atom is 0.251 e. The van der Waals surface area contributed by atoms with Crippen molar-refractivity contribution in [2.24, 2.45) is 5.73 Å². The molecule has 0 heterocycles. The average Bonchev–Trinajstić information content (AvgIpc) is 3.05. The molecule has 8 nitrogen and oxygen atoms in total. The fourth-order valence-corrected chi connectivity index (χ4v) is 4.60. The summed E-state index contributed by atoms with van der Waals surface area (Å²) in [5, 5.41) is 8.75. The van der Waals surface area contributed by atoms with Crippen molar-refractivity contribution < 1.29 is 19.1 Å². The van der Waals surface area contributed by atoms with Gasteiger partial charge in [0.05, 0.1) is 6.61 Å². The van der Waals surface area contributed by atoms with E-state index >= 15 is 0 Å². The average molecular weight is 615 g/mol. The minimum atomic E-state index is -0.930. The molecule has 0 spiro atoms. The summed E-state index contributed by atoms with van der Waals surface area (Å²) in [7, 11) is 0. The van der Waals surface area contributed by atoms with Gasteiger partial charge in [-0.2, -0.15) is 0 Å². The Labute approximate surface area is 264 Å². The van der Waals surface area contributed by atoms with Crippen LogP contribution in [0.25, 0.3) is 0 Å². The quantitative estimate of drug-likeness (QED) is 0.168. The lowest BCUT2D eigenvalue weighted by molar-refractivity contribution is -0.130. The van der Waals surface area contributed by atoms with Crippen molar-refractivity contribution in [2.75, 3.05) is 6.61 Å². The SMILES string of the molecule is CCOc1ccc(C[C@@H](NC(=O)c2ccccc2)C(=O)N[C@@H](Cc2ccccc2)C(=O)NCc2ccc(CN)cc2)cc1.Cl. The van der Waals surface area contributed by atoms with Crippen LogP contribution in [0.15, 0.2) is 109 Å². The van der Waals surface area contributed by atoms with E-state index < -0.39 is 18.0 Å². The van der Waals surface area contributed by atoms with Crippen LogP contribution >= 0.6 is 12.4 Å². The summed E-state index contributed by atoms with van der Waals surface area (Å²) in [4.78, 5) is 40.4. The fourth-order valence-electron chi connectivity index (χ4n) is 4.60. The first-order valence-corrected chi connectivity index (χ1v) is 14.4.